The van der Waals surface area contributed by atoms with Crippen molar-refractivity contribution in [3.05, 3.63) is 0 Å². The molecule has 1 aliphatic rings. The zero-order chi connectivity index (χ0) is 13.8. The number of hydrogen-bond donors (Lipinski definition) is 1. The predicted molar refractivity (Wildman–Crippen MR) is 86.9 cm³/mol. The van der Waals surface area contributed by atoms with E-state index in [4.69, 9.17) is 10.5 Å². The van der Waals surface area contributed by atoms with E-state index in [2.05, 4.69) is 11.8 Å². The van der Waals surface area contributed by atoms with Gasteiger partial charge in [0.25, 0.3) is 0 Å². The molecule has 19 heavy (non-hydrogen) atoms. The minimum absolute atomic E-state index is 0.409. The molecule has 0 aromatic carbocycles. The Balaban J connectivity index is 2.29. The fourth-order valence-corrected chi connectivity index (χ4v) is 4.13. The van der Waals surface area contributed by atoms with E-state index in [-0.39, 0.29) is 0 Å². The quantitative estimate of drug-likeness (QED) is 0.763. The van der Waals surface area contributed by atoms with Gasteiger partial charge >= 0.3 is 0 Å². The Bertz CT molecular complexity index is 199. The first-order valence-electron chi connectivity index (χ1n) is 8.20. The van der Waals surface area contributed by atoms with Crippen molar-refractivity contribution in [1.29, 1.82) is 0 Å². The fraction of sp³-hybridized carbons (Fsp3) is 1.00. The second-order valence-corrected chi connectivity index (χ2v) is 7.17. The van der Waals surface area contributed by atoms with Gasteiger partial charge in [0.05, 0.1) is 0 Å². The highest BCUT2D eigenvalue weighted by atomic mass is 32.2. The number of nitrogens with two attached hydrogens (primary N) is 1. The van der Waals surface area contributed by atoms with Crippen LogP contribution >= 0.6 is 11.8 Å². The third kappa shape index (κ3) is 8.93. The summed E-state index contributed by atoms with van der Waals surface area (Å²) in [6.07, 6.45) is 14.9. The summed E-state index contributed by atoms with van der Waals surface area (Å²) in [5.74, 6) is 1.20. The molecule has 0 radical (unpaired) electrons. The molecule has 0 aromatic rings. The van der Waals surface area contributed by atoms with Gasteiger partial charge in [-0.25, -0.2) is 0 Å². The summed E-state index contributed by atoms with van der Waals surface area (Å²) in [5.41, 5.74) is 6.42. The van der Waals surface area contributed by atoms with E-state index >= 15 is 0 Å². The van der Waals surface area contributed by atoms with E-state index in [1.807, 2.05) is 0 Å². The smallest absolute Gasteiger partial charge is 0.0470 e. The molecule has 0 saturated heterocycles. The largest absolute Gasteiger partial charge is 0.385 e. The minimum Gasteiger partial charge on any atom is -0.385 e. The SMILES string of the molecule is COCCCSC1CCCCCCCCCCC1N. The lowest BCUT2D eigenvalue weighted by Crippen LogP contribution is -2.33. The molecule has 1 rings (SSSR count). The average molecular weight is 288 g/mol. The van der Waals surface area contributed by atoms with Gasteiger partial charge in [-0.15, -0.1) is 0 Å². The van der Waals surface area contributed by atoms with Crippen LogP contribution in [0.4, 0.5) is 0 Å². The van der Waals surface area contributed by atoms with Gasteiger partial charge in [-0.3, -0.25) is 0 Å². The number of rotatable bonds is 5. The molecule has 0 heterocycles. The molecular weight excluding hydrogens is 254 g/mol. The summed E-state index contributed by atoms with van der Waals surface area (Å²) in [6, 6.07) is 0.409. The molecule has 2 atom stereocenters. The lowest BCUT2D eigenvalue weighted by Gasteiger charge is -2.24. The molecule has 1 fully saturated rings. The highest BCUT2D eigenvalue weighted by molar-refractivity contribution is 7.99. The number of thioether (sulfide) groups is 1. The minimum atomic E-state index is 0.409. The summed E-state index contributed by atoms with van der Waals surface area (Å²) >= 11 is 2.09. The molecule has 1 aliphatic carbocycles. The molecule has 2 nitrogen and oxygen atoms in total. The van der Waals surface area contributed by atoms with E-state index in [0.717, 1.165) is 13.0 Å². The van der Waals surface area contributed by atoms with Crippen molar-refractivity contribution in [2.45, 2.75) is 81.9 Å². The normalized spacial score (nSPS) is 27.5. The molecule has 114 valence electrons. The predicted octanol–water partition coefficient (Wildman–Crippen LogP) is 4.37. The van der Waals surface area contributed by atoms with Crippen LogP contribution in [0.3, 0.4) is 0 Å². The number of ether oxygens (including phenoxy) is 1. The van der Waals surface area contributed by atoms with E-state index in [0.29, 0.717) is 11.3 Å². The van der Waals surface area contributed by atoms with Crippen LogP contribution in [0.5, 0.6) is 0 Å². The van der Waals surface area contributed by atoms with Crippen LogP contribution in [-0.4, -0.2) is 30.8 Å². The Morgan fingerprint density at radius 1 is 0.947 bits per heavy atom. The fourth-order valence-electron chi connectivity index (χ4n) is 2.83. The molecule has 0 aliphatic heterocycles. The van der Waals surface area contributed by atoms with Gasteiger partial charge < -0.3 is 10.5 Å². The van der Waals surface area contributed by atoms with Crippen LogP contribution < -0.4 is 5.73 Å². The maximum Gasteiger partial charge on any atom is 0.0470 e. The van der Waals surface area contributed by atoms with Crippen molar-refractivity contribution in [1.82, 2.24) is 0 Å². The summed E-state index contributed by atoms with van der Waals surface area (Å²) in [4.78, 5) is 0. The molecule has 3 heteroatoms. The lowest BCUT2D eigenvalue weighted by atomic mass is 9.98. The van der Waals surface area contributed by atoms with Gasteiger partial charge in [-0.2, -0.15) is 11.8 Å². The van der Waals surface area contributed by atoms with Crippen molar-refractivity contribution in [3.63, 3.8) is 0 Å². The molecular formula is C16H33NOS. The first kappa shape index (κ1) is 17.3. The summed E-state index contributed by atoms with van der Waals surface area (Å²) < 4.78 is 5.13. The third-order valence-electron chi connectivity index (χ3n) is 4.08. The van der Waals surface area contributed by atoms with Crippen molar-refractivity contribution < 1.29 is 4.74 Å². The average Bonchev–Trinajstić information content (AvgIpc) is 2.41. The topological polar surface area (TPSA) is 35.2 Å². The molecule has 2 N–H and O–H groups in total. The third-order valence-corrected chi connectivity index (χ3v) is 5.62. The number of hydrogen-bond acceptors (Lipinski definition) is 3. The van der Waals surface area contributed by atoms with E-state index in [1.165, 1.54) is 70.0 Å². The zero-order valence-electron chi connectivity index (χ0n) is 12.7. The van der Waals surface area contributed by atoms with Crippen LogP contribution in [0.25, 0.3) is 0 Å². The summed E-state index contributed by atoms with van der Waals surface area (Å²) in [6.45, 7) is 0.884. The summed E-state index contributed by atoms with van der Waals surface area (Å²) in [7, 11) is 1.78. The van der Waals surface area contributed by atoms with Gasteiger partial charge in [0.2, 0.25) is 0 Å². The van der Waals surface area contributed by atoms with Crippen LogP contribution in [0, 0.1) is 0 Å². The monoisotopic (exact) mass is 287 g/mol. The van der Waals surface area contributed by atoms with Crippen LogP contribution in [0.1, 0.15) is 70.6 Å². The van der Waals surface area contributed by atoms with Crippen molar-refractivity contribution in [2.24, 2.45) is 5.73 Å². The Morgan fingerprint density at radius 2 is 1.53 bits per heavy atom. The van der Waals surface area contributed by atoms with Gasteiger partial charge in [-0.05, 0) is 25.0 Å². The maximum absolute atomic E-state index is 6.42. The zero-order valence-corrected chi connectivity index (χ0v) is 13.6. The first-order valence-corrected chi connectivity index (χ1v) is 9.25. The Labute approximate surface area is 124 Å². The Kier molecular flexibility index (Phi) is 11.0. The molecule has 1 saturated carbocycles. The maximum atomic E-state index is 6.42. The van der Waals surface area contributed by atoms with Gasteiger partial charge in [0.15, 0.2) is 0 Å². The van der Waals surface area contributed by atoms with Crippen LogP contribution in [0.2, 0.25) is 0 Å². The van der Waals surface area contributed by atoms with Gasteiger partial charge in [0, 0.05) is 25.0 Å². The highest BCUT2D eigenvalue weighted by Crippen LogP contribution is 2.25. The first-order chi connectivity index (χ1) is 9.34. The second kappa shape index (κ2) is 12.0. The second-order valence-electron chi connectivity index (χ2n) is 5.83. The van der Waals surface area contributed by atoms with Gasteiger partial charge in [0.1, 0.15) is 0 Å². The molecule has 2 unspecified atom stereocenters. The molecule has 0 amide bonds. The Hall–Kier alpha value is 0.270. The van der Waals surface area contributed by atoms with E-state index in [9.17, 15) is 0 Å². The van der Waals surface area contributed by atoms with E-state index < -0.39 is 0 Å². The summed E-state index contributed by atoms with van der Waals surface area (Å²) in [5, 5.41) is 0.677. The van der Waals surface area contributed by atoms with Crippen molar-refractivity contribution in [2.75, 3.05) is 19.5 Å². The standard InChI is InChI=1S/C16H33NOS/c1-18-13-10-14-19-16-12-9-7-5-3-2-4-6-8-11-15(16)17/h15-16H,2-14,17H2,1H3. The molecule has 0 bridgehead atoms. The van der Waals surface area contributed by atoms with Crippen LogP contribution in [-0.2, 0) is 4.74 Å². The van der Waals surface area contributed by atoms with Gasteiger partial charge in [-0.1, -0.05) is 51.4 Å². The van der Waals surface area contributed by atoms with Crippen LogP contribution in [0.15, 0.2) is 0 Å². The lowest BCUT2D eigenvalue weighted by molar-refractivity contribution is 0.200. The van der Waals surface area contributed by atoms with Crippen molar-refractivity contribution in [3.8, 4) is 0 Å². The Morgan fingerprint density at radius 3 is 2.16 bits per heavy atom. The molecule has 0 aromatic heterocycles. The highest BCUT2D eigenvalue weighted by Gasteiger charge is 2.17. The number of methoxy groups -OCH3 is 1. The van der Waals surface area contributed by atoms with Crippen molar-refractivity contribution >= 4 is 11.8 Å². The molecule has 0 spiro atoms. The van der Waals surface area contributed by atoms with E-state index in [1.54, 1.807) is 7.11 Å².